The first-order valence-electron chi connectivity index (χ1n) is 10.4. The van der Waals surface area contributed by atoms with Crippen molar-refractivity contribution >= 4 is 35.0 Å². The summed E-state index contributed by atoms with van der Waals surface area (Å²) in [6.07, 6.45) is 1.71. The SMILES string of the molecule is C[C@H](NC(=O)c1ccc(Cl)c(Cl)c1)C(=O)NCC1CCN(Cc2ccc(F)cc2F)CC1. The van der Waals surface area contributed by atoms with Gasteiger partial charge in [0.05, 0.1) is 10.0 Å². The van der Waals surface area contributed by atoms with Crippen LogP contribution in [0.25, 0.3) is 0 Å². The van der Waals surface area contributed by atoms with Crippen molar-refractivity contribution in [1.82, 2.24) is 15.5 Å². The minimum Gasteiger partial charge on any atom is -0.354 e. The van der Waals surface area contributed by atoms with Crippen LogP contribution in [0.2, 0.25) is 10.0 Å². The van der Waals surface area contributed by atoms with Gasteiger partial charge in [-0.15, -0.1) is 0 Å². The van der Waals surface area contributed by atoms with Gasteiger partial charge in [0.25, 0.3) is 5.91 Å². The van der Waals surface area contributed by atoms with E-state index in [0.29, 0.717) is 35.2 Å². The molecule has 1 aliphatic rings. The predicted molar refractivity (Wildman–Crippen MR) is 121 cm³/mol. The highest BCUT2D eigenvalue weighted by Crippen LogP contribution is 2.23. The van der Waals surface area contributed by atoms with Gasteiger partial charge in [0, 0.05) is 30.3 Å². The monoisotopic (exact) mass is 483 g/mol. The summed E-state index contributed by atoms with van der Waals surface area (Å²) < 4.78 is 26.9. The second-order valence-electron chi connectivity index (χ2n) is 8.02. The molecule has 172 valence electrons. The van der Waals surface area contributed by atoms with Gasteiger partial charge >= 0.3 is 0 Å². The number of amides is 2. The summed E-state index contributed by atoms with van der Waals surface area (Å²) in [5.41, 5.74) is 0.800. The lowest BCUT2D eigenvalue weighted by molar-refractivity contribution is -0.122. The highest BCUT2D eigenvalue weighted by Gasteiger charge is 2.22. The number of halogens is 4. The van der Waals surface area contributed by atoms with E-state index in [-0.39, 0.29) is 10.9 Å². The molecule has 2 aromatic rings. The fraction of sp³-hybridized carbons (Fsp3) is 0.391. The number of piperidine rings is 1. The Morgan fingerprint density at radius 1 is 1.09 bits per heavy atom. The third kappa shape index (κ3) is 6.64. The van der Waals surface area contributed by atoms with E-state index >= 15 is 0 Å². The average Bonchev–Trinajstić information content (AvgIpc) is 2.76. The molecule has 0 aliphatic carbocycles. The minimum absolute atomic E-state index is 0.268. The molecule has 0 spiro atoms. The maximum Gasteiger partial charge on any atom is 0.251 e. The van der Waals surface area contributed by atoms with Crippen molar-refractivity contribution in [3.8, 4) is 0 Å². The molecule has 2 aromatic carbocycles. The molecule has 0 saturated carbocycles. The standard InChI is InChI=1S/C23H25Cl2F2N3O2/c1-14(29-23(32)16-3-5-19(24)20(25)10-16)22(31)28-12-15-6-8-30(9-7-15)13-17-2-4-18(26)11-21(17)27/h2-5,10-11,14-15H,6-9,12-13H2,1H3,(H,28,31)(H,29,32)/t14-/m0/s1. The molecule has 0 unspecified atom stereocenters. The van der Waals surface area contributed by atoms with Crippen LogP contribution in [0.5, 0.6) is 0 Å². The van der Waals surface area contributed by atoms with Crippen LogP contribution in [0.15, 0.2) is 36.4 Å². The van der Waals surface area contributed by atoms with Crippen LogP contribution >= 0.6 is 23.2 Å². The predicted octanol–water partition coefficient (Wildman–Crippen LogP) is 4.42. The third-order valence-corrected chi connectivity index (χ3v) is 6.34. The molecule has 2 N–H and O–H groups in total. The summed E-state index contributed by atoms with van der Waals surface area (Å²) in [6.45, 7) is 4.08. The number of carbonyl (C=O) groups is 2. The number of nitrogens with zero attached hydrogens (tertiary/aromatic N) is 1. The molecule has 9 heteroatoms. The molecule has 32 heavy (non-hydrogen) atoms. The van der Waals surface area contributed by atoms with Gasteiger partial charge in [0.1, 0.15) is 17.7 Å². The second-order valence-corrected chi connectivity index (χ2v) is 8.84. The van der Waals surface area contributed by atoms with Crippen molar-refractivity contribution in [3.63, 3.8) is 0 Å². The Balaban J connectivity index is 1.40. The van der Waals surface area contributed by atoms with Crippen molar-refractivity contribution in [3.05, 3.63) is 69.2 Å². The lowest BCUT2D eigenvalue weighted by Crippen LogP contribution is -2.47. The van der Waals surface area contributed by atoms with E-state index in [9.17, 15) is 18.4 Å². The third-order valence-electron chi connectivity index (χ3n) is 5.60. The van der Waals surface area contributed by atoms with Crippen LogP contribution in [-0.2, 0) is 11.3 Å². The zero-order chi connectivity index (χ0) is 23.3. The zero-order valence-electron chi connectivity index (χ0n) is 17.6. The van der Waals surface area contributed by atoms with Gasteiger partial charge in [-0.05, 0) is 63.0 Å². The topological polar surface area (TPSA) is 61.4 Å². The Hall–Kier alpha value is -2.22. The highest BCUT2D eigenvalue weighted by molar-refractivity contribution is 6.42. The van der Waals surface area contributed by atoms with Crippen molar-refractivity contribution in [2.24, 2.45) is 5.92 Å². The van der Waals surface area contributed by atoms with Gasteiger partial charge in [-0.1, -0.05) is 29.3 Å². The van der Waals surface area contributed by atoms with E-state index in [1.807, 2.05) is 0 Å². The summed E-state index contributed by atoms with van der Waals surface area (Å²) >= 11 is 11.8. The first kappa shape index (κ1) is 24.4. The quantitative estimate of drug-likeness (QED) is 0.612. The molecule has 1 fully saturated rings. The Morgan fingerprint density at radius 3 is 2.47 bits per heavy atom. The van der Waals surface area contributed by atoms with Gasteiger partial charge in [0.15, 0.2) is 0 Å². The molecule has 1 saturated heterocycles. The number of hydrogen-bond donors (Lipinski definition) is 2. The van der Waals surface area contributed by atoms with Gasteiger partial charge < -0.3 is 10.6 Å². The van der Waals surface area contributed by atoms with Crippen LogP contribution < -0.4 is 10.6 Å². The number of nitrogens with one attached hydrogen (secondary N) is 2. The maximum absolute atomic E-state index is 13.8. The molecule has 2 amide bonds. The number of likely N-dealkylation sites (tertiary alicyclic amines) is 1. The van der Waals surface area contributed by atoms with Crippen LogP contribution in [0.4, 0.5) is 8.78 Å². The molecule has 3 rings (SSSR count). The maximum atomic E-state index is 13.8. The van der Waals surface area contributed by atoms with Gasteiger partial charge in [-0.2, -0.15) is 0 Å². The Kier molecular flexibility index (Phi) is 8.45. The summed E-state index contributed by atoms with van der Waals surface area (Å²) in [4.78, 5) is 26.8. The largest absolute Gasteiger partial charge is 0.354 e. The molecule has 5 nitrogen and oxygen atoms in total. The molecule has 0 radical (unpaired) electrons. The highest BCUT2D eigenvalue weighted by atomic mass is 35.5. The van der Waals surface area contributed by atoms with Crippen molar-refractivity contribution in [2.75, 3.05) is 19.6 Å². The first-order valence-corrected chi connectivity index (χ1v) is 11.2. The summed E-state index contributed by atoms with van der Waals surface area (Å²) in [7, 11) is 0. The first-order chi connectivity index (χ1) is 15.2. The summed E-state index contributed by atoms with van der Waals surface area (Å²) in [6, 6.07) is 7.46. The van der Waals surface area contributed by atoms with Crippen molar-refractivity contribution < 1.29 is 18.4 Å². The van der Waals surface area contributed by atoms with E-state index in [1.165, 1.54) is 24.3 Å². The van der Waals surface area contributed by atoms with E-state index in [4.69, 9.17) is 23.2 Å². The van der Waals surface area contributed by atoms with Crippen molar-refractivity contribution in [2.45, 2.75) is 32.4 Å². The summed E-state index contributed by atoms with van der Waals surface area (Å²) in [5, 5.41) is 6.16. The zero-order valence-corrected chi connectivity index (χ0v) is 19.1. The average molecular weight is 484 g/mol. The molecule has 0 aromatic heterocycles. The summed E-state index contributed by atoms with van der Waals surface area (Å²) in [5.74, 6) is -1.49. The lowest BCUT2D eigenvalue weighted by Gasteiger charge is -2.32. The van der Waals surface area contributed by atoms with E-state index in [1.54, 1.807) is 13.0 Å². The molecule has 1 atom stereocenters. The molecule has 0 bridgehead atoms. The Labute approximate surface area is 196 Å². The lowest BCUT2D eigenvalue weighted by atomic mass is 9.96. The van der Waals surface area contributed by atoms with Crippen LogP contribution in [-0.4, -0.2) is 42.4 Å². The second kappa shape index (κ2) is 11.1. The van der Waals surface area contributed by atoms with Gasteiger partial charge in [0.2, 0.25) is 5.91 Å². The minimum atomic E-state index is -0.710. The number of benzene rings is 2. The Bertz CT molecular complexity index is 982. The molecule has 1 aliphatic heterocycles. The number of rotatable bonds is 7. The van der Waals surface area contributed by atoms with E-state index < -0.39 is 23.6 Å². The molecular formula is C23H25Cl2F2N3O2. The smallest absolute Gasteiger partial charge is 0.251 e. The number of carbonyl (C=O) groups excluding carboxylic acids is 2. The van der Waals surface area contributed by atoms with Crippen LogP contribution in [0.1, 0.15) is 35.7 Å². The van der Waals surface area contributed by atoms with Gasteiger partial charge in [-0.25, -0.2) is 8.78 Å². The van der Waals surface area contributed by atoms with Crippen LogP contribution in [0.3, 0.4) is 0 Å². The van der Waals surface area contributed by atoms with Gasteiger partial charge in [-0.3, -0.25) is 14.5 Å². The molecular weight excluding hydrogens is 459 g/mol. The fourth-order valence-corrected chi connectivity index (χ4v) is 3.92. The Morgan fingerprint density at radius 2 is 1.81 bits per heavy atom. The van der Waals surface area contributed by atoms with Crippen LogP contribution in [0, 0.1) is 17.6 Å². The normalized spacial score (nSPS) is 15.9. The molecule has 1 heterocycles. The number of hydrogen-bond acceptors (Lipinski definition) is 3. The van der Waals surface area contributed by atoms with E-state index in [2.05, 4.69) is 15.5 Å². The van der Waals surface area contributed by atoms with Crippen molar-refractivity contribution in [1.29, 1.82) is 0 Å². The van der Waals surface area contributed by atoms with E-state index in [0.717, 1.165) is 32.0 Å². The fourth-order valence-electron chi connectivity index (χ4n) is 3.62.